The number of anilines is 2. The molecule has 2 heterocycles. The number of hydrogen-bond acceptors (Lipinski definition) is 3. The molecule has 0 aromatic heterocycles. The van der Waals surface area contributed by atoms with Crippen molar-refractivity contribution < 1.29 is 9.59 Å². The molecule has 0 bridgehead atoms. The van der Waals surface area contributed by atoms with Gasteiger partial charge < -0.3 is 4.90 Å². The molecule has 2 atom stereocenters. The maximum Gasteiger partial charge on any atom is 0.242 e. The van der Waals surface area contributed by atoms with Crippen molar-refractivity contribution in [3.05, 3.63) is 58.6 Å². The van der Waals surface area contributed by atoms with E-state index in [-0.39, 0.29) is 23.7 Å². The molecular weight excluding hydrogens is 356 g/mol. The van der Waals surface area contributed by atoms with Crippen LogP contribution in [0.5, 0.6) is 0 Å². The third kappa shape index (κ3) is 2.10. The molecule has 23 heavy (non-hydrogen) atoms. The number of hydrogen-bond donors (Lipinski definition) is 0. The third-order valence-corrected chi connectivity index (χ3v) is 5.14. The van der Waals surface area contributed by atoms with Gasteiger partial charge in [-0.25, -0.2) is 4.90 Å². The van der Waals surface area contributed by atoms with Gasteiger partial charge in [0.2, 0.25) is 11.8 Å². The molecule has 0 aliphatic carbocycles. The Hall–Kier alpha value is -2.14. The number of imide groups is 1. The van der Waals surface area contributed by atoms with Gasteiger partial charge in [-0.15, -0.1) is 0 Å². The number of halogens is 1. The van der Waals surface area contributed by atoms with Gasteiger partial charge in [-0.3, -0.25) is 9.59 Å². The molecule has 0 N–H and O–H groups in total. The minimum absolute atomic E-state index is 0.112. The van der Waals surface area contributed by atoms with Crippen LogP contribution in [0, 0.1) is 5.92 Å². The summed E-state index contributed by atoms with van der Waals surface area (Å²) >= 11 is 3.40. The summed E-state index contributed by atoms with van der Waals surface area (Å²) in [6, 6.07) is 15.2. The maximum atomic E-state index is 13.0. The molecule has 2 aromatic carbocycles. The molecule has 2 aliphatic rings. The summed E-state index contributed by atoms with van der Waals surface area (Å²) in [5, 5.41) is 0. The second-order valence-electron chi connectivity index (χ2n) is 6.02. The highest BCUT2D eigenvalue weighted by Gasteiger charge is 2.52. The molecule has 0 spiro atoms. The molecule has 5 heteroatoms. The first-order valence-corrected chi connectivity index (χ1v) is 8.30. The fraction of sp³-hybridized carbons (Fsp3) is 0.222. The van der Waals surface area contributed by atoms with Crippen LogP contribution in [0.25, 0.3) is 0 Å². The van der Waals surface area contributed by atoms with Crippen LogP contribution in [0.15, 0.2) is 53.0 Å². The second-order valence-corrected chi connectivity index (χ2v) is 6.93. The lowest BCUT2D eigenvalue weighted by molar-refractivity contribution is -0.122. The van der Waals surface area contributed by atoms with Gasteiger partial charge in [-0.05, 0) is 29.8 Å². The van der Waals surface area contributed by atoms with Crippen molar-refractivity contribution in [2.45, 2.75) is 5.92 Å². The van der Waals surface area contributed by atoms with Crippen molar-refractivity contribution in [3.8, 4) is 0 Å². The minimum Gasteiger partial charge on any atom is -0.374 e. The predicted molar refractivity (Wildman–Crippen MR) is 92.6 cm³/mol. The first-order valence-electron chi connectivity index (χ1n) is 7.51. The standard InChI is InChI=1S/C18H15BrN2O2/c1-20-10-14-16(13-7-2-3-8-15(13)20)18(23)21(17(14)22)12-6-4-5-11(19)9-12/h2-9,14,16H,10H2,1H3/t14-,16+/m0/s1. The maximum absolute atomic E-state index is 13.0. The molecule has 0 saturated carbocycles. The van der Waals surface area contributed by atoms with Gasteiger partial charge >= 0.3 is 0 Å². The summed E-state index contributed by atoms with van der Waals surface area (Å²) in [7, 11) is 1.97. The Bertz CT molecular complexity index is 820. The van der Waals surface area contributed by atoms with Crippen molar-refractivity contribution >= 4 is 39.1 Å². The van der Waals surface area contributed by atoms with Gasteiger partial charge in [-0.1, -0.05) is 40.2 Å². The lowest BCUT2D eigenvalue weighted by Crippen LogP contribution is -2.37. The van der Waals surface area contributed by atoms with Crippen molar-refractivity contribution in [1.29, 1.82) is 0 Å². The molecule has 1 fully saturated rings. The number of amides is 2. The highest BCUT2D eigenvalue weighted by molar-refractivity contribution is 9.10. The number of carbonyl (C=O) groups excluding carboxylic acids is 2. The molecule has 0 radical (unpaired) electrons. The monoisotopic (exact) mass is 370 g/mol. The SMILES string of the molecule is CN1C[C@@H]2C(=O)N(c3cccc(Br)c3)C(=O)[C@@H]2c2ccccc21. The van der Waals surface area contributed by atoms with Gasteiger partial charge in [0, 0.05) is 23.8 Å². The highest BCUT2D eigenvalue weighted by atomic mass is 79.9. The Morgan fingerprint density at radius 3 is 2.61 bits per heavy atom. The molecule has 2 aromatic rings. The number of fused-ring (bicyclic) bond motifs is 3. The largest absolute Gasteiger partial charge is 0.374 e. The topological polar surface area (TPSA) is 40.6 Å². The molecule has 1 saturated heterocycles. The van der Waals surface area contributed by atoms with E-state index in [0.717, 1.165) is 15.7 Å². The number of carbonyl (C=O) groups is 2. The lowest BCUT2D eigenvalue weighted by Gasteiger charge is -2.33. The van der Waals surface area contributed by atoms with Crippen LogP contribution in [0.2, 0.25) is 0 Å². The van der Waals surface area contributed by atoms with Crippen molar-refractivity contribution in [3.63, 3.8) is 0 Å². The Balaban J connectivity index is 1.82. The van der Waals surface area contributed by atoms with Crippen LogP contribution in [0.1, 0.15) is 11.5 Å². The Morgan fingerprint density at radius 2 is 1.83 bits per heavy atom. The zero-order chi connectivity index (χ0) is 16.1. The summed E-state index contributed by atoms with van der Waals surface area (Å²) < 4.78 is 0.850. The van der Waals surface area contributed by atoms with Crippen LogP contribution in [0.3, 0.4) is 0 Å². The molecule has 2 amide bonds. The fourth-order valence-electron chi connectivity index (χ4n) is 3.62. The van der Waals surface area contributed by atoms with Crippen LogP contribution >= 0.6 is 15.9 Å². The summed E-state index contributed by atoms with van der Waals surface area (Å²) in [5.41, 5.74) is 2.61. The van der Waals surface area contributed by atoms with E-state index in [1.54, 1.807) is 6.07 Å². The molecule has 4 nitrogen and oxygen atoms in total. The van der Waals surface area contributed by atoms with Crippen molar-refractivity contribution in [2.75, 3.05) is 23.4 Å². The minimum atomic E-state index is -0.381. The molecule has 116 valence electrons. The van der Waals surface area contributed by atoms with E-state index in [2.05, 4.69) is 20.8 Å². The van der Waals surface area contributed by atoms with Crippen LogP contribution in [-0.4, -0.2) is 25.4 Å². The Labute approximate surface area is 142 Å². The van der Waals surface area contributed by atoms with Gasteiger partial charge in [0.1, 0.15) is 0 Å². The zero-order valence-corrected chi connectivity index (χ0v) is 14.2. The third-order valence-electron chi connectivity index (χ3n) is 4.65. The van der Waals surface area contributed by atoms with Crippen molar-refractivity contribution in [2.24, 2.45) is 5.92 Å². The Kier molecular flexibility index (Phi) is 3.27. The fourth-order valence-corrected chi connectivity index (χ4v) is 4.01. The van der Waals surface area contributed by atoms with E-state index in [0.29, 0.717) is 12.2 Å². The van der Waals surface area contributed by atoms with Gasteiger partial charge in [0.15, 0.2) is 0 Å². The van der Waals surface area contributed by atoms with Crippen LogP contribution < -0.4 is 9.80 Å². The quantitative estimate of drug-likeness (QED) is 0.723. The zero-order valence-electron chi connectivity index (χ0n) is 12.6. The molecule has 4 rings (SSSR count). The van der Waals surface area contributed by atoms with E-state index < -0.39 is 0 Å². The van der Waals surface area contributed by atoms with Gasteiger partial charge in [0.05, 0.1) is 17.5 Å². The normalized spacial score (nSPS) is 23.0. The molecule has 2 aliphatic heterocycles. The van der Waals surface area contributed by atoms with Crippen molar-refractivity contribution in [1.82, 2.24) is 0 Å². The molecular formula is C18H15BrN2O2. The second kappa shape index (κ2) is 5.20. The van der Waals surface area contributed by atoms with Gasteiger partial charge in [0.25, 0.3) is 0 Å². The predicted octanol–water partition coefficient (Wildman–Crippen LogP) is 3.17. The Morgan fingerprint density at radius 1 is 1.04 bits per heavy atom. The van der Waals surface area contributed by atoms with E-state index in [1.807, 2.05) is 49.5 Å². The average molecular weight is 371 g/mol. The number of para-hydroxylation sites is 1. The van der Waals surface area contributed by atoms with E-state index in [9.17, 15) is 9.59 Å². The summed E-state index contributed by atoms with van der Waals surface area (Å²) in [6.07, 6.45) is 0. The van der Waals surface area contributed by atoms with E-state index >= 15 is 0 Å². The summed E-state index contributed by atoms with van der Waals surface area (Å²) in [5.74, 6) is -0.937. The van der Waals surface area contributed by atoms with E-state index in [1.165, 1.54) is 4.90 Å². The number of rotatable bonds is 1. The summed E-state index contributed by atoms with van der Waals surface area (Å²) in [4.78, 5) is 29.3. The first kappa shape index (κ1) is 14.5. The average Bonchev–Trinajstić information content (AvgIpc) is 2.79. The lowest BCUT2D eigenvalue weighted by atomic mass is 9.83. The van der Waals surface area contributed by atoms with Crippen LogP contribution in [-0.2, 0) is 9.59 Å². The van der Waals surface area contributed by atoms with Crippen LogP contribution in [0.4, 0.5) is 11.4 Å². The summed E-state index contributed by atoms with van der Waals surface area (Å²) in [6.45, 7) is 0.566. The number of nitrogens with zero attached hydrogens (tertiary/aromatic N) is 2. The first-order chi connectivity index (χ1) is 11.1. The highest BCUT2D eigenvalue weighted by Crippen LogP contribution is 2.45. The number of benzene rings is 2. The van der Waals surface area contributed by atoms with Gasteiger partial charge in [-0.2, -0.15) is 0 Å². The van der Waals surface area contributed by atoms with E-state index in [4.69, 9.17) is 0 Å². The molecule has 0 unspecified atom stereocenters. The smallest absolute Gasteiger partial charge is 0.242 e.